The van der Waals surface area contributed by atoms with E-state index in [1.165, 1.54) is 19.6 Å². The molecule has 0 unspecified atom stereocenters. The topological polar surface area (TPSA) is 109 Å². The Morgan fingerprint density at radius 3 is 1.80 bits per heavy atom. The van der Waals surface area contributed by atoms with Crippen LogP contribution in [0.5, 0.6) is 0 Å². The molecule has 2 fully saturated rings. The lowest BCUT2D eigenvalue weighted by atomic mass is 10.3. The minimum atomic E-state index is -0.182. The molecule has 120 valence electrons. The average molecular weight is 287 g/mol. The number of hydrogen-bond donors (Lipinski definition) is 5. The van der Waals surface area contributed by atoms with E-state index in [2.05, 4.69) is 20.4 Å². The van der Waals surface area contributed by atoms with Crippen molar-refractivity contribution < 1.29 is 0 Å². The molecule has 0 aliphatic carbocycles. The van der Waals surface area contributed by atoms with Crippen molar-refractivity contribution in [2.45, 2.75) is 12.6 Å². The second-order valence-corrected chi connectivity index (χ2v) is 5.45. The van der Waals surface area contributed by atoms with Crippen molar-refractivity contribution in [3.8, 4) is 0 Å². The number of piperazine rings is 2. The van der Waals surface area contributed by atoms with E-state index in [1.807, 2.05) is 0 Å². The lowest BCUT2D eigenvalue weighted by Gasteiger charge is -2.28. The Kier molecular flexibility index (Phi) is 10.1. The Hall–Kier alpha value is -0.280. The smallest absolute Gasteiger partial charge is 0.0652 e. The fourth-order valence-electron chi connectivity index (χ4n) is 2.44. The van der Waals surface area contributed by atoms with E-state index in [-0.39, 0.29) is 6.17 Å². The molecule has 2 aliphatic heterocycles. The van der Waals surface area contributed by atoms with E-state index in [4.69, 9.17) is 17.2 Å². The molecule has 0 bridgehead atoms. The van der Waals surface area contributed by atoms with Gasteiger partial charge in [0.05, 0.1) is 6.17 Å². The highest BCUT2D eigenvalue weighted by molar-refractivity contribution is 4.70. The zero-order valence-corrected chi connectivity index (χ0v) is 12.7. The summed E-state index contributed by atoms with van der Waals surface area (Å²) in [4.78, 5) is 4.74. The van der Waals surface area contributed by atoms with Gasteiger partial charge < -0.3 is 32.7 Å². The van der Waals surface area contributed by atoms with Crippen LogP contribution in [0.4, 0.5) is 0 Å². The Balaban J connectivity index is 0.000000200. The van der Waals surface area contributed by atoms with E-state index in [0.717, 1.165) is 58.8 Å². The molecule has 2 saturated heterocycles. The van der Waals surface area contributed by atoms with Crippen LogP contribution in [0.1, 0.15) is 6.42 Å². The predicted octanol–water partition coefficient (Wildman–Crippen LogP) is -2.62. The van der Waals surface area contributed by atoms with Crippen LogP contribution in [0.25, 0.3) is 0 Å². The molecule has 0 aromatic rings. The molecule has 0 aromatic carbocycles. The zero-order chi connectivity index (χ0) is 14.6. The normalized spacial score (nSPS) is 21.6. The fraction of sp³-hybridized carbons (Fsp3) is 1.00. The van der Waals surface area contributed by atoms with Crippen LogP contribution in [0.3, 0.4) is 0 Å². The van der Waals surface area contributed by atoms with Gasteiger partial charge in [-0.3, -0.25) is 4.90 Å². The summed E-state index contributed by atoms with van der Waals surface area (Å²) in [5, 5.41) is 6.58. The first-order valence-corrected chi connectivity index (χ1v) is 7.79. The van der Waals surface area contributed by atoms with E-state index >= 15 is 0 Å². The Morgan fingerprint density at radius 1 is 0.850 bits per heavy atom. The van der Waals surface area contributed by atoms with Crippen LogP contribution in [0.15, 0.2) is 0 Å². The highest BCUT2D eigenvalue weighted by Crippen LogP contribution is 1.92. The molecular weight excluding hydrogens is 254 g/mol. The highest BCUT2D eigenvalue weighted by atomic mass is 15.2. The number of nitrogens with two attached hydrogens (primary N) is 3. The molecule has 0 atom stereocenters. The number of nitrogens with zero attached hydrogens (tertiary/aromatic N) is 2. The number of hydrogen-bond acceptors (Lipinski definition) is 7. The second-order valence-electron chi connectivity index (χ2n) is 5.45. The number of nitrogens with one attached hydrogen (secondary N) is 2. The van der Waals surface area contributed by atoms with Gasteiger partial charge in [0.25, 0.3) is 0 Å². The first-order chi connectivity index (χ1) is 9.72. The first kappa shape index (κ1) is 17.8. The van der Waals surface area contributed by atoms with Crippen LogP contribution in [-0.2, 0) is 0 Å². The maximum atomic E-state index is 5.44. The molecule has 2 heterocycles. The summed E-state index contributed by atoms with van der Waals surface area (Å²) in [5.74, 6) is 0. The van der Waals surface area contributed by atoms with Gasteiger partial charge in [0.2, 0.25) is 0 Å². The minimum absolute atomic E-state index is 0.182. The maximum absolute atomic E-state index is 5.44. The van der Waals surface area contributed by atoms with Crippen LogP contribution >= 0.6 is 0 Å². The SMILES string of the molecule is NC(N)CN1CCNCC1.NCCCN1CCNCC1. The van der Waals surface area contributed by atoms with Gasteiger partial charge in [0, 0.05) is 58.9 Å². The standard InChI is InChI=1S/C7H17N3.C6H16N4/c8-2-1-5-10-6-3-9-4-7-10;7-6(8)5-10-3-1-9-2-4-10/h9H,1-8H2;6,9H,1-5,7-8H2. The van der Waals surface area contributed by atoms with Crippen molar-refractivity contribution in [3.05, 3.63) is 0 Å². The van der Waals surface area contributed by atoms with Crippen LogP contribution in [0.2, 0.25) is 0 Å². The van der Waals surface area contributed by atoms with Gasteiger partial charge in [-0.25, -0.2) is 0 Å². The van der Waals surface area contributed by atoms with Crippen molar-refractivity contribution in [1.82, 2.24) is 20.4 Å². The molecular formula is C13H33N7. The molecule has 0 spiro atoms. The molecule has 0 saturated carbocycles. The maximum Gasteiger partial charge on any atom is 0.0652 e. The van der Waals surface area contributed by atoms with Crippen molar-refractivity contribution in [3.63, 3.8) is 0 Å². The summed E-state index contributed by atoms with van der Waals surface area (Å²) in [7, 11) is 0. The molecule has 0 aromatic heterocycles. The Morgan fingerprint density at radius 2 is 1.35 bits per heavy atom. The van der Waals surface area contributed by atoms with E-state index < -0.39 is 0 Å². The summed E-state index contributed by atoms with van der Waals surface area (Å²) in [6, 6.07) is 0. The fourth-order valence-corrected chi connectivity index (χ4v) is 2.44. The molecule has 7 nitrogen and oxygen atoms in total. The molecule has 0 radical (unpaired) electrons. The molecule has 20 heavy (non-hydrogen) atoms. The lowest BCUT2D eigenvalue weighted by molar-refractivity contribution is 0.228. The summed E-state index contributed by atoms with van der Waals surface area (Å²) in [5.41, 5.74) is 16.3. The third kappa shape index (κ3) is 8.80. The van der Waals surface area contributed by atoms with Gasteiger partial charge >= 0.3 is 0 Å². The van der Waals surface area contributed by atoms with E-state index in [9.17, 15) is 0 Å². The quantitative estimate of drug-likeness (QED) is 0.352. The highest BCUT2D eigenvalue weighted by Gasteiger charge is 2.10. The van der Waals surface area contributed by atoms with Crippen molar-refractivity contribution in [2.24, 2.45) is 17.2 Å². The van der Waals surface area contributed by atoms with Gasteiger partial charge in [-0.2, -0.15) is 0 Å². The average Bonchev–Trinajstić information content (AvgIpc) is 2.47. The summed E-state index contributed by atoms with van der Waals surface area (Å²) < 4.78 is 0. The van der Waals surface area contributed by atoms with Gasteiger partial charge in [-0.05, 0) is 19.5 Å². The monoisotopic (exact) mass is 287 g/mol. The minimum Gasteiger partial charge on any atom is -0.330 e. The van der Waals surface area contributed by atoms with Crippen molar-refractivity contribution >= 4 is 0 Å². The summed E-state index contributed by atoms with van der Waals surface area (Å²) in [6.45, 7) is 11.8. The van der Waals surface area contributed by atoms with Crippen molar-refractivity contribution in [1.29, 1.82) is 0 Å². The van der Waals surface area contributed by atoms with E-state index in [0.29, 0.717) is 0 Å². The third-order valence-corrected chi connectivity index (χ3v) is 3.57. The van der Waals surface area contributed by atoms with Gasteiger partial charge in [0.15, 0.2) is 0 Å². The zero-order valence-electron chi connectivity index (χ0n) is 12.7. The first-order valence-electron chi connectivity index (χ1n) is 7.79. The van der Waals surface area contributed by atoms with E-state index in [1.54, 1.807) is 0 Å². The third-order valence-electron chi connectivity index (χ3n) is 3.57. The molecule has 2 rings (SSSR count). The van der Waals surface area contributed by atoms with Crippen LogP contribution in [-0.4, -0.2) is 88.0 Å². The van der Waals surface area contributed by atoms with Crippen molar-refractivity contribution in [2.75, 3.05) is 72.0 Å². The lowest BCUT2D eigenvalue weighted by Crippen LogP contribution is -2.50. The molecule has 7 heteroatoms. The Labute approximate surface area is 123 Å². The largest absolute Gasteiger partial charge is 0.330 e. The summed E-state index contributed by atoms with van der Waals surface area (Å²) in [6.07, 6.45) is 0.957. The second kappa shape index (κ2) is 11.4. The van der Waals surface area contributed by atoms with Crippen LogP contribution < -0.4 is 27.8 Å². The van der Waals surface area contributed by atoms with Gasteiger partial charge in [-0.15, -0.1) is 0 Å². The summed E-state index contributed by atoms with van der Waals surface area (Å²) >= 11 is 0. The predicted molar refractivity (Wildman–Crippen MR) is 84.5 cm³/mol. The van der Waals surface area contributed by atoms with Gasteiger partial charge in [-0.1, -0.05) is 0 Å². The Bertz CT molecular complexity index is 213. The number of rotatable bonds is 5. The van der Waals surface area contributed by atoms with Gasteiger partial charge in [0.1, 0.15) is 0 Å². The molecule has 0 amide bonds. The van der Waals surface area contributed by atoms with Crippen LogP contribution in [0, 0.1) is 0 Å². The molecule has 2 aliphatic rings. The molecule has 8 N–H and O–H groups in total.